The Labute approximate surface area is 144 Å². The number of tetrazole rings is 1. The molecule has 1 aromatic heterocycles. The predicted octanol–water partition coefficient (Wildman–Crippen LogP) is 2.24. The summed E-state index contributed by atoms with van der Waals surface area (Å²) in [5.74, 6) is 1.18. The van der Waals surface area contributed by atoms with Crippen molar-refractivity contribution in [3.05, 3.63) is 54.4 Å². The van der Waals surface area contributed by atoms with Gasteiger partial charge in [-0.2, -0.15) is 4.68 Å². The number of methoxy groups -OCH3 is 1. The average Bonchev–Trinajstić information content (AvgIpc) is 3.09. The average molecular weight is 338 g/mol. The van der Waals surface area contributed by atoms with Crippen LogP contribution in [0.4, 0.5) is 11.4 Å². The highest BCUT2D eigenvalue weighted by Crippen LogP contribution is 2.28. The van der Waals surface area contributed by atoms with Gasteiger partial charge in [0.05, 0.1) is 25.0 Å². The number of nitrogens with one attached hydrogen (secondary N) is 2. The van der Waals surface area contributed by atoms with Crippen molar-refractivity contribution in [2.75, 3.05) is 17.7 Å². The van der Waals surface area contributed by atoms with E-state index in [2.05, 4.69) is 26.2 Å². The minimum atomic E-state index is -0.135. The maximum Gasteiger partial charge on any atom is 0.221 e. The van der Waals surface area contributed by atoms with Crippen LogP contribution in [0, 0.1) is 0 Å². The van der Waals surface area contributed by atoms with Gasteiger partial charge in [0.25, 0.3) is 0 Å². The smallest absolute Gasteiger partial charge is 0.221 e. The van der Waals surface area contributed by atoms with Crippen LogP contribution in [0.15, 0.2) is 48.5 Å². The second kappa shape index (κ2) is 7.43. The van der Waals surface area contributed by atoms with E-state index in [1.165, 1.54) is 6.92 Å². The Morgan fingerprint density at radius 1 is 1.20 bits per heavy atom. The molecular weight excluding hydrogens is 320 g/mol. The molecule has 128 valence electrons. The van der Waals surface area contributed by atoms with Crippen LogP contribution in [0.2, 0.25) is 0 Å². The van der Waals surface area contributed by atoms with Crippen molar-refractivity contribution in [1.29, 1.82) is 0 Å². The first-order valence-corrected chi connectivity index (χ1v) is 7.69. The molecule has 25 heavy (non-hydrogen) atoms. The summed E-state index contributed by atoms with van der Waals surface area (Å²) in [6.07, 6.45) is 0. The van der Waals surface area contributed by atoms with Crippen LogP contribution in [0.5, 0.6) is 5.75 Å². The van der Waals surface area contributed by atoms with E-state index in [-0.39, 0.29) is 5.91 Å². The van der Waals surface area contributed by atoms with E-state index in [0.29, 0.717) is 23.8 Å². The molecule has 0 radical (unpaired) electrons. The molecule has 2 aromatic carbocycles. The molecule has 8 nitrogen and oxygen atoms in total. The molecule has 2 N–H and O–H groups in total. The van der Waals surface area contributed by atoms with Crippen molar-refractivity contribution < 1.29 is 9.53 Å². The van der Waals surface area contributed by atoms with Crippen LogP contribution in [-0.2, 0) is 11.3 Å². The van der Waals surface area contributed by atoms with Gasteiger partial charge in [0, 0.05) is 12.6 Å². The van der Waals surface area contributed by atoms with E-state index in [4.69, 9.17) is 4.74 Å². The molecule has 3 aromatic rings. The number of ether oxygens (including phenoxy) is 1. The van der Waals surface area contributed by atoms with E-state index in [9.17, 15) is 4.79 Å². The summed E-state index contributed by atoms with van der Waals surface area (Å²) in [5.41, 5.74) is 2.29. The van der Waals surface area contributed by atoms with Crippen LogP contribution >= 0.6 is 0 Å². The molecule has 0 spiro atoms. The minimum absolute atomic E-state index is 0.135. The first-order chi connectivity index (χ1) is 12.2. The van der Waals surface area contributed by atoms with Gasteiger partial charge in [0.15, 0.2) is 5.82 Å². The Morgan fingerprint density at radius 2 is 2.00 bits per heavy atom. The number of carbonyl (C=O) groups is 1. The lowest BCUT2D eigenvalue weighted by Gasteiger charge is -2.13. The molecule has 0 aliphatic carbocycles. The van der Waals surface area contributed by atoms with E-state index in [1.54, 1.807) is 30.0 Å². The van der Waals surface area contributed by atoms with E-state index < -0.39 is 0 Å². The summed E-state index contributed by atoms with van der Waals surface area (Å²) in [7, 11) is 1.59. The number of carbonyl (C=O) groups excluding carboxylic acids is 1. The van der Waals surface area contributed by atoms with Crippen LogP contribution in [-0.4, -0.2) is 33.2 Å². The van der Waals surface area contributed by atoms with Crippen LogP contribution in [0.1, 0.15) is 12.7 Å². The molecule has 0 atom stereocenters. The molecule has 1 heterocycles. The molecule has 0 unspecified atom stereocenters. The highest BCUT2D eigenvalue weighted by atomic mass is 16.5. The number of hydrogen-bond acceptors (Lipinski definition) is 6. The number of benzene rings is 2. The molecule has 0 saturated heterocycles. The zero-order valence-corrected chi connectivity index (χ0v) is 13.9. The Hall–Kier alpha value is -3.42. The molecule has 0 fully saturated rings. The third kappa shape index (κ3) is 3.92. The van der Waals surface area contributed by atoms with Gasteiger partial charge in [0.1, 0.15) is 5.75 Å². The quantitative estimate of drug-likeness (QED) is 0.716. The third-order valence-corrected chi connectivity index (χ3v) is 3.49. The number of aromatic nitrogens is 4. The number of hydrogen-bond donors (Lipinski definition) is 2. The fourth-order valence-electron chi connectivity index (χ4n) is 2.39. The van der Waals surface area contributed by atoms with Crippen molar-refractivity contribution in [3.8, 4) is 11.4 Å². The molecule has 8 heteroatoms. The summed E-state index contributed by atoms with van der Waals surface area (Å²) in [6.45, 7) is 1.85. The van der Waals surface area contributed by atoms with Gasteiger partial charge in [-0.05, 0) is 40.8 Å². The molecule has 1 amide bonds. The SMILES string of the molecule is COc1ccc(NC(C)=O)cc1NCc1nnnn1-c1ccccc1. The van der Waals surface area contributed by atoms with Crippen LogP contribution < -0.4 is 15.4 Å². The predicted molar refractivity (Wildman–Crippen MR) is 93.8 cm³/mol. The molecule has 0 aliphatic rings. The number of para-hydroxylation sites is 1. The van der Waals surface area contributed by atoms with E-state index >= 15 is 0 Å². The van der Waals surface area contributed by atoms with Crippen molar-refractivity contribution in [2.24, 2.45) is 0 Å². The zero-order chi connectivity index (χ0) is 17.6. The fourth-order valence-corrected chi connectivity index (χ4v) is 2.39. The highest BCUT2D eigenvalue weighted by Gasteiger charge is 2.10. The monoisotopic (exact) mass is 338 g/mol. The Balaban J connectivity index is 1.80. The summed E-state index contributed by atoms with van der Waals surface area (Å²) < 4.78 is 7.02. The molecule has 3 rings (SSSR count). The number of amides is 1. The van der Waals surface area contributed by atoms with Gasteiger partial charge < -0.3 is 15.4 Å². The fraction of sp³-hybridized carbons (Fsp3) is 0.176. The van der Waals surface area contributed by atoms with Gasteiger partial charge in [-0.1, -0.05) is 18.2 Å². The van der Waals surface area contributed by atoms with Crippen molar-refractivity contribution in [3.63, 3.8) is 0 Å². The summed E-state index contributed by atoms with van der Waals surface area (Å²) in [5, 5.41) is 17.8. The maximum atomic E-state index is 11.2. The second-order valence-electron chi connectivity index (χ2n) is 5.29. The van der Waals surface area contributed by atoms with Crippen LogP contribution in [0.25, 0.3) is 5.69 Å². The summed E-state index contributed by atoms with van der Waals surface area (Å²) in [6, 6.07) is 15.0. The number of rotatable bonds is 6. The molecule has 0 bridgehead atoms. The van der Waals surface area contributed by atoms with Crippen molar-refractivity contribution >= 4 is 17.3 Å². The third-order valence-electron chi connectivity index (χ3n) is 3.49. The summed E-state index contributed by atoms with van der Waals surface area (Å²) in [4.78, 5) is 11.2. The second-order valence-corrected chi connectivity index (χ2v) is 5.29. The van der Waals surface area contributed by atoms with Crippen LogP contribution in [0.3, 0.4) is 0 Å². The standard InChI is InChI=1S/C17H18N6O2/c1-12(24)19-13-8-9-16(25-2)15(10-13)18-11-17-20-21-22-23(17)14-6-4-3-5-7-14/h3-10,18H,11H2,1-2H3,(H,19,24). The normalized spacial score (nSPS) is 10.3. The Morgan fingerprint density at radius 3 is 2.72 bits per heavy atom. The Bertz CT molecular complexity index is 863. The van der Waals surface area contributed by atoms with Gasteiger partial charge in [0.2, 0.25) is 5.91 Å². The van der Waals surface area contributed by atoms with Gasteiger partial charge >= 0.3 is 0 Å². The van der Waals surface area contributed by atoms with E-state index in [1.807, 2.05) is 30.3 Å². The topological polar surface area (TPSA) is 94.0 Å². The minimum Gasteiger partial charge on any atom is -0.495 e. The van der Waals surface area contributed by atoms with Crippen molar-refractivity contribution in [1.82, 2.24) is 20.2 Å². The van der Waals surface area contributed by atoms with Gasteiger partial charge in [-0.15, -0.1) is 5.10 Å². The van der Waals surface area contributed by atoms with Gasteiger partial charge in [-0.3, -0.25) is 4.79 Å². The zero-order valence-electron chi connectivity index (χ0n) is 13.9. The molecule has 0 aliphatic heterocycles. The van der Waals surface area contributed by atoms with E-state index in [0.717, 1.165) is 11.4 Å². The number of nitrogens with zero attached hydrogens (tertiary/aromatic N) is 4. The largest absolute Gasteiger partial charge is 0.495 e. The Kier molecular flexibility index (Phi) is 4.89. The first-order valence-electron chi connectivity index (χ1n) is 7.69. The lowest BCUT2D eigenvalue weighted by Crippen LogP contribution is -2.10. The van der Waals surface area contributed by atoms with Gasteiger partial charge in [-0.25, -0.2) is 0 Å². The molecular formula is C17H18N6O2. The lowest BCUT2D eigenvalue weighted by atomic mass is 10.2. The molecule has 0 saturated carbocycles. The number of anilines is 2. The first kappa shape index (κ1) is 16.4. The van der Waals surface area contributed by atoms with Crippen molar-refractivity contribution in [2.45, 2.75) is 13.5 Å². The highest BCUT2D eigenvalue weighted by molar-refractivity contribution is 5.89. The summed E-state index contributed by atoms with van der Waals surface area (Å²) >= 11 is 0. The lowest BCUT2D eigenvalue weighted by molar-refractivity contribution is -0.114. The maximum absolute atomic E-state index is 11.2.